The Labute approximate surface area is 216 Å². The molecular weight excluding hydrogens is 494 g/mol. The highest BCUT2D eigenvalue weighted by atomic mass is 32.2. The number of methoxy groups -OCH3 is 1. The molecule has 182 valence electrons. The molecule has 1 aliphatic rings. The van der Waals surface area contributed by atoms with Crippen LogP contribution in [-0.2, 0) is 4.79 Å². The summed E-state index contributed by atoms with van der Waals surface area (Å²) in [6.07, 6.45) is 0. The van der Waals surface area contributed by atoms with Gasteiger partial charge in [0.15, 0.2) is 5.78 Å². The van der Waals surface area contributed by atoms with Crippen LogP contribution in [0.2, 0.25) is 0 Å². The van der Waals surface area contributed by atoms with Crippen LogP contribution in [0.25, 0.3) is 5.69 Å². The third-order valence-corrected chi connectivity index (χ3v) is 8.90. The van der Waals surface area contributed by atoms with Gasteiger partial charge in [0, 0.05) is 16.4 Å². The molecule has 0 aliphatic carbocycles. The van der Waals surface area contributed by atoms with Crippen molar-refractivity contribution in [2.24, 2.45) is 5.92 Å². The van der Waals surface area contributed by atoms with Gasteiger partial charge in [-0.15, -0.1) is 0 Å². The van der Waals surface area contributed by atoms with Crippen molar-refractivity contribution in [3.63, 3.8) is 0 Å². The maximum absolute atomic E-state index is 13.8. The zero-order valence-electron chi connectivity index (χ0n) is 19.6. The summed E-state index contributed by atoms with van der Waals surface area (Å²) in [4.78, 5) is 40.2. The molecule has 0 amide bonds. The number of rotatable bonds is 6. The van der Waals surface area contributed by atoms with Crippen molar-refractivity contribution in [3.05, 3.63) is 110 Å². The van der Waals surface area contributed by atoms with E-state index in [4.69, 9.17) is 4.74 Å². The average Bonchev–Trinajstić information content (AvgIpc) is 3.23. The van der Waals surface area contributed by atoms with Crippen molar-refractivity contribution in [2.75, 3.05) is 7.11 Å². The van der Waals surface area contributed by atoms with E-state index in [1.807, 2.05) is 49.4 Å². The molecule has 2 heterocycles. The highest BCUT2D eigenvalue weighted by Gasteiger charge is 2.48. The molecule has 5 rings (SSSR count). The predicted octanol–water partition coefficient (Wildman–Crippen LogP) is 5.41. The number of carboxylic acids is 1. The molecule has 0 saturated carbocycles. The lowest BCUT2D eigenvalue weighted by atomic mass is 9.78. The molecule has 0 saturated heterocycles. The Bertz CT molecular complexity index is 1470. The summed E-state index contributed by atoms with van der Waals surface area (Å²) in [5, 5.41) is 9.79. The van der Waals surface area contributed by atoms with Crippen LogP contribution in [0.15, 0.2) is 88.7 Å². The van der Waals surface area contributed by atoms with Crippen LogP contribution in [-0.4, -0.2) is 33.8 Å². The van der Waals surface area contributed by atoms with Gasteiger partial charge in [-0.3, -0.25) is 19.0 Å². The fourth-order valence-electron chi connectivity index (χ4n) is 4.59. The third-order valence-electron chi connectivity index (χ3n) is 6.37. The van der Waals surface area contributed by atoms with Gasteiger partial charge in [-0.1, -0.05) is 83.3 Å². The van der Waals surface area contributed by atoms with Crippen LogP contribution in [0.1, 0.15) is 32.3 Å². The molecule has 4 aromatic rings. The van der Waals surface area contributed by atoms with Gasteiger partial charge in [-0.25, -0.2) is 0 Å². The van der Waals surface area contributed by atoms with Gasteiger partial charge >= 0.3 is 10.8 Å². The van der Waals surface area contributed by atoms with Gasteiger partial charge in [-0.2, -0.15) is 0 Å². The number of nitrogens with zero attached hydrogens (tertiary/aromatic N) is 1. The van der Waals surface area contributed by atoms with Crippen LogP contribution in [0.5, 0.6) is 5.75 Å². The Kier molecular flexibility index (Phi) is 6.55. The van der Waals surface area contributed by atoms with Crippen molar-refractivity contribution in [1.82, 2.24) is 4.57 Å². The first-order valence-corrected chi connectivity index (χ1v) is 13.0. The minimum atomic E-state index is -1.09. The molecule has 3 atom stereocenters. The maximum Gasteiger partial charge on any atom is 0.317 e. The number of hydrogen-bond donors (Lipinski definition) is 1. The fourth-order valence-corrected chi connectivity index (χ4v) is 7.29. The van der Waals surface area contributed by atoms with E-state index in [0.29, 0.717) is 26.9 Å². The number of ketones is 1. The van der Waals surface area contributed by atoms with E-state index in [-0.39, 0.29) is 10.7 Å². The second-order valence-electron chi connectivity index (χ2n) is 8.59. The number of aliphatic carboxylic acids is 1. The number of thiazole rings is 1. The lowest BCUT2D eigenvalue weighted by Crippen LogP contribution is -2.40. The summed E-state index contributed by atoms with van der Waals surface area (Å²) in [6, 6.07) is 23.5. The number of Topliss-reactive ketones (excluding diaryl/α,β-unsaturated/α-hetero) is 1. The van der Waals surface area contributed by atoms with Gasteiger partial charge in [0.1, 0.15) is 11.0 Å². The summed E-state index contributed by atoms with van der Waals surface area (Å²) in [5.41, 5.74) is 2.93. The number of carbonyl (C=O) groups is 2. The molecular formula is C28H23NO5S2. The van der Waals surface area contributed by atoms with Crippen LogP contribution in [0.4, 0.5) is 0 Å². The highest BCUT2D eigenvalue weighted by molar-refractivity contribution is 8.00. The quantitative estimate of drug-likeness (QED) is 0.345. The number of ether oxygens (including phenoxy) is 1. The molecule has 1 N–H and O–H groups in total. The van der Waals surface area contributed by atoms with Crippen LogP contribution < -0.4 is 9.61 Å². The number of carbonyl (C=O) groups excluding carboxylic acids is 1. The van der Waals surface area contributed by atoms with E-state index < -0.39 is 23.1 Å². The third kappa shape index (κ3) is 4.27. The number of aryl methyl sites for hydroxylation is 1. The molecule has 8 heteroatoms. The van der Waals surface area contributed by atoms with Crippen LogP contribution in [0, 0.1) is 12.8 Å². The topological polar surface area (TPSA) is 85.6 Å². The van der Waals surface area contributed by atoms with E-state index in [0.717, 1.165) is 34.2 Å². The van der Waals surface area contributed by atoms with Gasteiger partial charge in [0.2, 0.25) is 0 Å². The molecule has 0 spiro atoms. The second kappa shape index (κ2) is 9.79. The number of thioether (sulfide) groups is 1. The Morgan fingerprint density at radius 2 is 1.61 bits per heavy atom. The zero-order chi connectivity index (χ0) is 25.4. The van der Waals surface area contributed by atoms with Crippen molar-refractivity contribution in [1.29, 1.82) is 0 Å². The molecule has 0 unspecified atom stereocenters. The molecule has 36 heavy (non-hydrogen) atoms. The normalized spacial score (nSPS) is 18.9. The molecule has 6 nitrogen and oxygen atoms in total. The van der Waals surface area contributed by atoms with Gasteiger partial charge in [-0.05, 0) is 36.8 Å². The Balaban J connectivity index is 1.74. The molecule has 0 fully saturated rings. The summed E-state index contributed by atoms with van der Waals surface area (Å²) in [6.45, 7) is 1.96. The van der Waals surface area contributed by atoms with Gasteiger partial charge in [0.25, 0.3) is 0 Å². The largest absolute Gasteiger partial charge is 0.497 e. The number of aromatic nitrogens is 1. The van der Waals surface area contributed by atoms with E-state index in [1.54, 1.807) is 48.1 Å². The number of carboxylic acid groups (broad SMARTS) is 1. The summed E-state index contributed by atoms with van der Waals surface area (Å²) in [7, 11) is 1.57. The number of benzene rings is 3. The second-order valence-corrected chi connectivity index (χ2v) is 10.7. The summed E-state index contributed by atoms with van der Waals surface area (Å²) < 4.78 is 6.87. The van der Waals surface area contributed by atoms with Crippen LogP contribution in [0.3, 0.4) is 0 Å². The highest BCUT2D eigenvalue weighted by Crippen LogP contribution is 2.51. The molecule has 3 aromatic carbocycles. The minimum absolute atomic E-state index is 0.216. The average molecular weight is 518 g/mol. The first-order chi connectivity index (χ1) is 17.4. The molecule has 1 aliphatic heterocycles. The lowest BCUT2D eigenvalue weighted by molar-refractivity contribution is -0.137. The van der Waals surface area contributed by atoms with Crippen molar-refractivity contribution in [3.8, 4) is 11.4 Å². The summed E-state index contributed by atoms with van der Waals surface area (Å²) in [5.74, 6) is -2.21. The lowest BCUT2D eigenvalue weighted by Gasteiger charge is -2.35. The zero-order valence-corrected chi connectivity index (χ0v) is 21.2. The SMILES string of the molecule is COc1ccc([C@@H]2c3sc(=O)n(-c4ccc(C)cc4)c3S[C@@H](C(=O)O)[C@@H]2C(=O)c2ccccc2)cc1. The first-order valence-electron chi connectivity index (χ1n) is 11.3. The van der Waals surface area contributed by atoms with Crippen molar-refractivity contribution >= 4 is 34.9 Å². The van der Waals surface area contributed by atoms with Gasteiger partial charge in [0.05, 0.1) is 23.7 Å². The molecule has 1 aromatic heterocycles. The minimum Gasteiger partial charge on any atom is -0.497 e. The smallest absolute Gasteiger partial charge is 0.317 e. The Morgan fingerprint density at radius 3 is 2.22 bits per heavy atom. The predicted molar refractivity (Wildman–Crippen MR) is 141 cm³/mol. The van der Waals surface area contributed by atoms with E-state index in [9.17, 15) is 19.5 Å². The maximum atomic E-state index is 13.8. The van der Waals surface area contributed by atoms with Gasteiger partial charge < -0.3 is 9.84 Å². The van der Waals surface area contributed by atoms with Crippen molar-refractivity contribution < 1.29 is 19.4 Å². The molecule has 0 radical (unpaired) electrons. The van der Waals surface area contributed by atoms with Crippen LogP contribution >= 0.6 is 23.1 Å². The fraction of sp³-hybridized carbons (Fsp3) is 0.179. The Morgan fingerprint density at radius 1 is 0.944 bits per heavy atom. The van der Waals surface area contributed by atoms with E-state index in [1.165, 1.54) is 0 Å². The standard InChI is InChI=1S/C28H23NO5S2/c1-16-8-12-19(13-9-16)29-26-24(36-28(29)33)21(17-10-14-20(34-2)15-11-17)22(25(35-26)27(31)32)23(30)18-6-4-3-5-7-18/h3-15,21-22,25H,1-2H3,(H,31,32)/t21-,22-,25+/m0/s1. The number of hydrogen-bond acceptors (Lipinski definition) is 6. The van der Waals surface area contributed by atoms with E-state index >= 15 is 0 Å². The first kappa shape index (κ1) is 24.1. The Hall–Kier alpha value is -3.62. The molecule has 0 bridgehead atoms. The van der Waals surface area contributed by atoms with E-state index in [2.05, 4.69) is 0 Å². The monoisotopic (exact) mass is 517 g/mol. The summed E-state index contributed by atoms with van der Waals surface area (Å²) >= 11 is 2.15. The number of fused-ring (bicyclic) bond motifs is 1. The van der Waals surface area contributed by atoms with Crippen molar-refractivity contribution in [2.45, 2.75) is 23.1 Å².